The Balaban J connectivity index is 2.24. The molecule has 0 aromatic carbocycles. The van der Waals surface area contributed by atoms with Crippen LogP contribution in [0, 0.1) is 11.8 Å². The molecule has 2 atom stereocenters. The minimum absolute atomic E-state index is 0.0677. The van der Waals surface area contributed by atoms with Crippen molar-refractivity contribution in [3.8, 4) is 0 Å². The zero-order chi connectivity index (χ0) is 14.2. The maximum absolute atomic E-state index is 12.4. The zero-order valence-electron chi connectivity index (χ0n) is 10.9. The number of thiophene rings is 1. The molecule has 0 amide bonds. The van der Waals surface area contributed by atoms with E-state index in [2.05, 4.69) is 0 Å². The van der Waals surface area contributed by atoms with Gasteiger partial charge in [-0.25, -0.2) is 8.42 Å². The van der Waals surface area contributed by atoms with Gasteiger partial charge in [-0.05, 0) is 24.5 Å². The molecule has 1 N–H and O–H groups in total. The fraction of sp³-hybridized carbons (Fsp3) is 0.583. The number of hydrogen-bond donors (Lipinski definition) is 1. The van der Waals surface area contributed by atoms with Crippen molar-refractivity contribution >= 4 is 27.3 Å². The Morgan fingerprint density at radius 1 is 1.47 bits per heavy atom. The highest BCUT2D eigenvalue weighted by Crippen LogP contribution is 2.31. The summed E-state index contributed by atoms with van der Waals surface area (Å²) in [6.45, 7) is 4.09. The van der Waals surface area contributed by atoms with Crippen LogP contribution in [-0.4, -0.2) is 36.9 Å². The van der Waals surface area contributed by atoms with Crippen LogP contribution in [0.15, 0.2) is 16.3 Å². The molecule has 1 aromatic rings. The standard InChI is InChI=1S/C12H17NO4S2/c1-3-9-4-5-11(18-9)19(16,17)13-6-8(2)10(7-13)12(14)15/h4-5,8,10H,3,6-7H2,1-2H3,(H,14,15)/t8-,10-/m1/s1. The van der Waals surface area contributed by atoms with Crippen LogP contribution in [0.3, 0.4) is 0 Å². The number of carboxylic acids is 1. The van der Waals surface area contributed by atoms with Crippen LogP contribution in [-0.2, 0) is 21.2 Å². The van der Waals surface area contributed by atoms with E-state index in [0.29, 0.717) is 4.21 Å². The summed E-state index contributed by atoms with van der Waals surface area (Å²) in [6, 6.07) is 3.42. The molecule has 0 bridgehead atoms. The Morgan fingerprint density at radius 3 is 2.63 bits per heavy atom. The molecule has 106 valence electrons. The quantitative estimate of drug-likeness (QED) is 0.918. The van der Waals surface area contributed by atoms with E-state index >= 15 is 0 Å². The summed E-state index contributed by atoms with van der Waals surface area (Å²) in [4.78, 5) is 12.1. The van der Waals surface area contributed by atoms with E-state index in [1.165, 1.54) is 15.6 Å². The normalized spacial score (nSPS) is 24.7. The van der Waals surface area contributed by atoms with E-state index in [0.717, 1.165) is 11.3 Å². The van der Waals surface area contributed by atoms with Crippen molar-refractivity contribution in [1.29, 1.82) is 0 Å². The molecule has 1 aliphatic heterocycles. The van der Waals surface area contributed by atoms with Crippen molar-refractivity contribution in [1.82, 2.24) is 4.31 Å². The molecule has 2 heterocycles. The van der Waals surface area contributed by atoms with Crippen LogP contribution >= 0.6 is 11.3 Å². The van der Waals surface area contributed by atoms with Crippen LogP contribution in [0.25, 0.3) is 0 Å². The first kappa shape index (κ1) is 14.5. The third kappa shape index (κ3) is 2.68. The lowest BCUT2D eigenvalue weighted by Gasteiger charge is -2.14. The van der Waals surface area contributed by atoms with Crippen LogP contribution in [0.2, 0.25) is 0 Å². The molecule has 1 aromatic heterocycles. The van der Waals surface area contributed by atoms with Gasteiger partial charge in [-0.1, -0.05) is 13.8 Å². The van der Waals surface area contributed by atoms with Crippen molar-refractivity contribution < 1.29 is 18.3 Å². The van der Waals surface area contributed by atoms with Crippen molar-refractivity contribution in [3.05, 3.63) is 17.0 Å². The second kappa shape index (κ2) is 5.22. The Hall–Kier alpha value is -0.920. The van der Waals surface area contributed by atoms with Crippen LogP contribution < -0.4 is 0 Å². The lowest BCUT2D eigenvalue weighted by Crippen LogP contribution is -2.29. The van der Waals surface area contributed by atoms with Gasteiger partial charge >= 0.3 is 5.97 Å². The van der Waals surface area contributed by atoms with Gasteiger partial charge in [0.15, 0.2) is 0 Å². The van der Waals surface area contributed by atoms with Gasteiger partial charge < -0.3 is 5.11 Å². The highest BCUT2D eigenvalue weighted by atomic mass is 32.2. The molecule has 0 radical (unpaired) electrons. The summed E-state index contributed by atoms with van der Waals surface area (Å²) in [5.41, 5.74) is 0. The van der Waals surface area contributed by atoms with Crippen LogP contribution in [0.4, 0.5) is 0 Å². The van der Waals surface area contributed by atoms with Gasteiger partial charge in [0, 0.05) is 18.0 Å². The molecule has 1 fully saturated rings. The predicted octanol–water partition coefficient (Wildman–Crippen LogP) is 1.65. The van der Waals surface area contributed by atoms with Gasteiger partial charge in [0.1, 0.15) is 4.21 Å². The highest BCUT2D eigenvalue weighted by molar-refractivity contribution is 7.91. The van der Waals surface area contributed by atoms with Gasteiger partial charge in [-0.15, -0.1) is 11.3 Å². The van der Waals surface area contributed by atoms with Crippen molar-refractivity contribution in [2.45, 2.75) is 24.5 Å². The molecule has 7 heteroatoms. The monoisotopic (exact) mass is 303 g/mol. The average Bonchev–Trinajstić information content (AvgIpc) is 2.95. The van der Waals surface area contributed by atoms with E-state index in [1.807, 2.05) is 13.0 Å². The minimum atomic E-state index is -3.54. The molecule has 0 spiro atoms. The number of nitrogens with zero attached hydrogens (tertiary/aromatic N) is 1. The summed E-state index contributed by atoms with van der Waals surface area (Å²) in [7, 11) is -3.54. The Bertz CT molecular complexity index is 578. The summed E-state index contributed by atoms with van der Waals surface area (Å²) in [5, 5.41) is 9.06. The van der Waals surface area contributed by atoms with E-state index in [4.69, 9.17) is 5.11 Å². The Labute approximate surface area is 116 Å². The second-order valence-corrected chi connectivity index (χ2v) is 8.15. The van der Waals surface area contributed by atoms with Crippen LogP contribution in [0.1, 0.15) is 18.7 Å². The summed E-state index contributed by atoms with van der Waals surface area (Å²) in [6.07, 6.45) is 0.800. The first-order chi connectivity index (χ1) is 8.86. The average molecular weight is 303 g/mol. The first-order valence-electron chi connectivity index (χ1n) is 6.18. The highest BCUT2D eigenvalue weighted by Gasteiger charge is 2.41. The number of sulfonamides is 1. The van der Waals surface area contributed by atoms with E-state index in [9.17, 15) is 13.2 Å². The van der Waals surface area contributed by atoms with Gasteiger partial charge in [0.05, 0.1) is 5.92 Å². The van der Waals surface area contributed by atoms with Crippen LogP contribution in [0.5, 0.6) is 0 Å². The lowest BCUT2D eigenvalue weighted by atomic mass is 9.99. The molecule has 0 saturated carbocycles. The smallest absolute Gasteiger partial charge is 0.308 e. The molecular weight excluding hydrogens is 286 g/mol. The van der Waals surface area contributed by atoms with Gasteiger partial charge in [-0.2, -0.15) is 4.31 Å². The first-order valence-corrected chi connectivity index (χ1v) is 8.43. The lowest BCUT2D eigenvalue weighted by molar-refractivity contribution is -0.142. The minimum Gasteiger partial charge on any atom is -0.481 e. The van der Waals surface area contributed by atoms with Crippen molar-refractivity contribution in [2.75, 3.05) is 13.1 Å². The molecule has 1 saturated heterocycles. The summed E-state index contributed by atoms with van der Waals surface area (Å²) < 4.78 is 26.4. The number of carboxylic acid groups (broad SMARTS) is 1. The molecular formula is C12H17NO4S2. The molecule has 0 aliphatic carbocycles. The van der Waals surface area contributed by atoms with Gasteiger partial charge in [0.2, 0.25) is 0 Å². The van der Waals surface area contributed by atoms with Crippen molar-refractivity contribution in [2.24, 2.45) is 11.8 Å². The Morgan fingerprint density at radius 2 is 2.16 bits per heavy atom. The fourth-order valence-electron chi connectivity index (χ4n) is 2.25. The number of hydrogen-bond acceptors (Lipinski definition) is 4. The zero-order valence-corrected chi connectivity index (χ0v) is 12.5. The molecule has 0 unspecified atom stereocenters. The third-order valence-corrected chi connectivity index (χ3v) is 7.00. The van der Waals surface area contributed by atoms with E-state index < -0.39 is 21.9 Å². The number of rotatable bonds is 4. The second-order valence-electron chi connectivity index (χ2n) is 4.82. The summed E-state index contributed by atoms with van der Waals surface area (Å²) >= 11 is 1.26. The predicted molar refractivity (Wildman–Crippen MR) is 72.7 cm³/mol. The fourth-order valence-corrected chi connectivity index (χ4v) is 5.27. The number of carbonyl (C=O) groups is 1. The van der Waals surface area contributed by atoms with Gasteiger partial charge in [0.25, 0.3) is 10.0 Å². The maximum Gasteiger partial charge on any atom is 0.308 e. The van der Waals surface area contributed by atoms with E-state index in [1.54, 1.807) is 13.0 Å². The van der Waals surface area contributed by atoms with Crippen molar-refractivity contribution in [3.63, 3.8) is 0 Å². The largest absolute Gasteiger partial charge is 0.481 e. The SMILES string of the molecule is CCc1ccc(S(=O)(=O)N2C[C@@H](C)[C@H](C(=O)O)C2)s1. The molecule has 1 aliphatic rings. The van der Waals surface area contributed by atoms with Gasteiger partial charge in [-0.3, -0.25) is 4.79 Å². The number of aryl methyl sites for hydroxylation is 1. The third-order valence-electron chi connectivity index (χ3n) is 3.48. The Kier molecular flexibility index (Phi) is 3.98. The topological polar surface area (TPSA) is 74.7 Å². The molecule has 2 rings (SSSR count). The molecule has 5 nitrogen and oxygen atoms in total. The number of aliphatic carboxylic acids is 1. The van der Waals surface area contributed by atoms with E-state index in [-0.39, 0.29) is 19.0 Å². The maximum atomic E-state index is 12.4. The molecule has 19 heavy (non-hydrogen) atoms. The summed E-state index contributed by atoms with van der Waals surface area (Å²) in [5.74, 6) is -1.69.